The number of rotatable bonds is 5. The summed E-state index contributed by atoms with van der Waals surface area (Å²) in [6.07, 6.45) is 11.2. The Kier molecular flexibility index (Phi) is 5.79. The molecular formula is C26H32N6. The van der Waals surface area contributed by atoms with Crippen LogP contribution in [-0.4, -0.2) is 39.6 Å². The molecule has 0 atom stereocenters. The lowest BCUT2D eigenvalue weighted by Gasteiger charge is -2.30. The highest BCUT2D eigenvalue weighted by atomic mass is 15.3. The monoisotopic (exact) mass is 428 g/mol. The van der Waals surface area contributed by atoms with E-state index in [0.717, 1.165) is 58.4 Å². The van der Waals surface area contributed by atoms with Gasteiger partial charge >= 0.3 is 0 Å². The molecule has 5 rings (SSSR count). The molecule has 0 bridgehead atoms. The standard InChI is InChI=1S/C26H32N6/c1-17-21(16-30-32(17)2)25-13-18-7-6-10-20(22(18)15-29-25)26(27)23-14-28-12-11-24(23)31-19-8-4-3-5-9-19/h6-7,10,13,15-16,19,27-28,31H,3-5,8-9,11-12,14H2,1-2H3. The summed E-state index contributed by atoms with van der Waals surface area (Å²) in [7, 11) is 1.95. The zero-order valence-corrected chi connectivity index (χ0v) is 19.0. The minimum Gasteiger partial charge on any atom is -0.385 e. The minimum atomic E-state index is 0.555. The molecule has 1 aliphatic heterocycles. The molecule has 0 saturated heterocycles. The van der Waals surface area contributed by atoms with Crippen molar-refractivity contribution in [1.29, 1.82) is 5.41 Å². The van der Waals surface area contributed by atoms with E-state index in [1.807, 2.05) is 24.1 Å². The molecule has 3 N–H and O–H groups in total. The molecule has 2 aliphatic rings. The number of benzene rings is 1. The molecule has 1 aromatic carbocycles. The number of pyridine rings is 1. The van der Waals surface area contributed by atoms with Crippen molar-refractivity contribution in [3.05, 3.63) is 59.2 Å². The summed E-state index contributed by atoms with van der Waals surface area (Å²) in [4.78, 5) is 4.75. The minimum absolute atomic E-state index is 0.555. The molecule has 3 heterocycles. The number of fused-ring (bicyclic) bond motifs is 1. The highest BCUT2D eigenvalue weighted by Gasteiger charge is 2.22. The van der Waals surface area contributed by atoms with Crippen molar-refractivity contribution in [3.8, 4) is 11.3 Å². The van der Waals surface area contributed by atoms with Gasteiger partial charge in [-0.2, -0.15) is 5.10 Å². The Labute approximate surface area is 189 Å². The van der Waals surface area contributed by atoms with E-state index < -0.39 is 0 Å². The van der Waals surface area contributed by atoms with Gasteiger partial charge < -0.3 is 10.6 Å². The van der Waals surface area contributed by atoms with Crippen LogP contribution in [0.2, 0.25) is 0 Å². The average molecular weight is 429 g/mol. The third-order valence-electron chi connectivity index (χ3n) is 7.05. The van der Waals surface area contributed by atoms with Gasteiger partial charge in [-0.25, -0.2) is 0 Å². The lowest BCUT2D eigenvalue weighted by Crippen LogP contribution is -2.38. The molecule has 166 valence electrons. The Hall–Kier alpha value is -2.99. The Balaban J connectivity index is 1.50. The van der Waals surface area contributed by atoms with E-state index in [4.69, 9.17) is 10.4 Å². The summed E-state index contributed by atoms with van der Waals surface area (Å²) < 4.78 is 1.87. The van der Waals surface area contributed by atoms with Gasteiger partial charge in [0, 0.05) is 72.3 Å². The van der Waals surface area contributed by atoms with Crippen LogP contribution >= 0.6 is 0 Å². The van der Waals surface area contributed by atoms with Crippen LogP contribution in [0.5, 0.6) is 0 Å². The maximum absolute atomic E-state index is 9.13. The topological polar surface area (TPSA) is 78.6 Å². The number of nitrogens with zero attached hydrogens (tertiary/aromatic N) is 3. The first-order valence-corrected chi connectivity index (χ1v) is 11.8. The van der Waals surface area contributed by atoms with E-state index in [0.29, 0.717) is 11.8 Å². The van der Waals surface area contributed by atoms with Gasteiger partial charge in [0.25, 0.3) is 0 Å². The maximum atomic E-state index is 9.13. The van der Waals surface area contributed by atoms with Crippen molar-refractivity contribution in [2.24, 2.45) is 7.05 Å². The fourth-order valence-electron chi connectivity index (χ4n) is 5.03. The first-order chi connectivity index (χ1) is 15.6. The molecule has 1 aliphatic carbocycles. The van der Waals surface area contributed by atoms with Crippen molar-refractivity contribution in [1.82, 2.24) is 25.4 Å². The zero-order valence-electron chi connectivity index (χ0n) is 19.0. The summed E-state index contributed by atoms with van der Waals surface area (Å²) in [6.45, 7) is 3.77. The van der Waals surface area contributed by atoms with Crippen LogP contribution in [0.4, 0.5) is 0 Å². The van der Waals surface area contributed by atoms with Crippen LogP contribution < -0.4 is 10.6 Å². The molecule has 32 heavy (non-hydrogen) atoms. The largest absolute Gasteiger partial charge is 0.385 e. The molecule has 6 nitrogen and oxygen atoms in total. The number of hydrogen-bond donors (Lipinski definition) is 3. The predicted molar refractivity (Wildman–Crippen MR) is 130 cm³/mol. The van der Waals surface area contributed by atoms with Crippen LogP contribution in [0.3, 0.4) is 0 Å². The molecule has 3 aromatic rings. The number of aryl methyl sites for hydroxylation is 1. The molecule has 0 spiro atoms. The Morgan fingerprint density at radius 2 is 2.03 bits per heavy atom. The summed E-state index contributed by atoms with van der Waals surface area (Å²) >= 11 is 0. The van der Waals surface area contributed by atoms with Gasteiger partial charge in [0.2, 0.25) is 0 Å². The van der Waals surface area contributed by atoms with Gasteiger partial charge in [0.15, 0.2) is 0 Å². The van der Waals surface area contributed by atoms with Crippen molar-refractivity contribution in [3.63, 3.8) is 0 Å². The van der Waals surface area contributed by atoms with Gasteiger partial charge in [-0.05, 0) is 31.2 Å². The number of aromatic nitrogens is 3. The maximum Gasteiger partial charge on any atom is 0.0742 e. The molecule has 1 fully saturated rings. The van der Waals surface area contributed by atoms with Gasteiger partial charge in [-0.1, -0.05) is 37.5 Å². The molecule has 6 heteroatoms. The second-order valence-electron chi connectivity index (χ2n) is 9.10. The molecule has 2 aromatic heterocycles. The predicted octanol–water partition coefficient (Wildman–Crippen LogP) is 4.48. The van der Waals surface area contributed by atoms with Gasteiger partial charge in [0.05, 0.1) is 17.6 Å². The van der Waals surface area contributed by atoms with Gasteiger partial charge in [-0.15, -0.1) is 0 Å². The average Bonchev–Trinajstić information content (AvgIpc) is 3.17. The van der Waals surface area contributed by atoms with E-state index in [9.17, 15) is 0 Å². The SMILES string of the molecule is Cc1c(-c2cc3cccc(C(=N)C4=C(NC5CCCCC5)CCNC4)c3cn2)cnn1C. The molecule has 0 unspecified atom stereocenters. The van der Waals surface area contributed by atoms with E-state index in [1.54, 1.807) is 0 Å². The van der Waals surface area contributed by atoms with E-state index in [1.165, 1.54) is 37.8 Å². The smallest absolute Gasteiger partial charge is 0.0742 e. The van der Waals surface area contributed by atoms with Crippen LogP contribution in [0.25, 0.3) is 22.0 Å². The van der Waals surface area contributed by atoms with Crippen LogP contribution in [-0.2, 0) is 7.05 Å². The Morgan fingerprint density at radius 1 is 1.19 bits per heavy atom. The fraction of sp³-hybridized carbons (Fsp3) is 0.423. The first-order valence-electron chi connectivity index (χ1n) is 11.8. The second kappa shape index (κ2) is 8.87. The number of nitrogens with one attached hydrogen (secondary N) is 3. The van der Waals surface area contributed by atoms with Crippen molar-refractivity contribution >= 4 is 16.5 Å². The van der Waals surface area contributed by atoms with Crippen molar-refractivity contribution in [2.45, 2.75) is 51.5 Å². The zero-order chi connectivity index (χ0) is 22.1. The Bertz CT molecular complexity index is 1180. The highest BCUT2D eigenvalue weighted by molar-refractivity contribution is 6.18. The molecule has 1 saturated carbocycles. The van der Waals surface area contributed by atoms with Crippen molar-refractivity contribution < 1.29 is 0 Å². The molecule has 0 amide bonds. The summed E-state index contributed by atoms with van der Waals surface area (Å²) in [5.41, 5.74) is 6.98. The fourth-order valence-corrected chi connectivity index (χ4v) is 5.03. The molecular weight excluding hydrogens is 396 g/mol. The highest BCUT2D eigenvalue weighted by Crippen LogP contribution is 2.28. The second-order valence-corrected chi connectivity index (χ2v) is 9.10. The van der Waals surface area contributed by atoms with E-state index >= 15 is 0 Å². The van der Waals surface area contributed by atoms with Gasteiger partial charge in [-0.3, -0.25) is 15.1 Å². The normalized spacial score (nSPS) is 17.7. The van der Waals surface area contributed by atoms with Crippen LogP contribution in [0.1, 0.15) is 49.8 Å². The first kappa shape index (κ1) is 20.9. The third-order valence-corrected chi connectivity index (χ3v) is 7.05. The van der Waals surface area contributed by atoms with Crippen LogP contribution in [0, 0.1) is 12.3 Å². The van der Waals surface area contributed by atoms with Crippen molar-refractivity contribution in [2.75, 3.05) is 13.1 Å². The lowest BCUT2D eigenvalue weighted by atomic mass is 9.91. The summed E-state index contributed by atoms with van der Waals surface area (Å²) in [5, 5.41) is 22.9. The van der Waals surface area contributed by atoms with Crippen LogP contribution in [0.15, 0.2) is 47.9 Å². The van der Waals surface area contributed by atoms with E-state index in [-0.39, 0.29) is 0 Å². The lowest BCUT2D eigenvalue weighted by molar-refractivity contribution is 0.389. The summed E-state index contributed by atoms with van der Waals surface area (Å²) in [5.74, 6) is 0. The summed E-state index contributed by atoms with van der Waals surface area (Å²) in [6, 6.07) is 8.89. The van der Waals surface area contributed by atoms with E-state index in [2.05, 4.69) is 46.9 Å². The quantitative estimate of drug-likeness (QED) is 0.524. The number of hydrogen-bond acceptors (Lipinski definition) is 5. The Morgan fingerprint density at radius 3 is 2.81 bits per heavy atom. The van der Waals surface area contributed by atoms with Gasteiger partial charge in [0.1, 0.15) is 0 Å². The third kappa shape index (κ3) is 3.95. The molecule has 0 radical (unpaired) electrons.